The number of benzene rings is 1. The molecule has 0 fully saturated rings. The Labute approximate surface area is 126 Å². The number of hydrogen-bond donors (Lipinski definition) is 0. The topological polar surface area (TPSA) is 80.8 Å². The van der Waals surface area contributed by atoms with Gasteiger partial charge in [-0.1, -0.05) is 12.1 Å². The van der Waals surface area contributed by atoms with E-state index in [-0.39, 0.29) is 0 Å². The van der Waals surface area contributed by atoms with Crippen LogP contribution in [-0.2, 0) is 20.0 Å². The summed E-state index contributed by atoms with van der Waals surface area (Å²) in [5.74, 6) is -0.826. The van der Waals surface area contributed by atoms with Crippen LogP contribution >= 0.6 is 0 Å². The first-order valence-electron chi connectivity index (χ1n) is 5.24. The molecule has 14 heteroatoms. The van der Waals surface area contributed by atoms with Crippen LogP contribution in [0.4, 0.5) is 32.0 Å². The fraction of sp³-hybridized carbons (Fsp3) is 0.333. The van der Waals surface area contributed by atoms with Gasteiger partial charge in [-0.25, -0.2) is 0 Å². The molecular formula is C9H7F6NO5S2. The van der Waals surface area contributed by atoms with Crippen LogP contribution < -0.4 is 8.45 Å². The van der Waals surface area contributed by atoms with Crippen molar-refractivity contribution in [3.63, 3.8) is 0 Å². The van der Waals surface area contributed by atoms with Gasteiger partial charge >= 0.3 is 31.1 Å². The summed E-state index contributed by atoms with van der Waals surface area (Å²) in [5, 5.41) is 0. The van der Waals surface area contributed by atoms with Gasteiger partial charge in [0.2, 0.25) is 0 Å². The van der Waals surface area contributed by atoms with Crippen molar-refractivity contribution in [2.24, 2.45) is 0 Å². The van der Waals surface area contributed by atoms with Crippen molar-refractivity contribution in [1.29, 1.82) is 0 Å². The fourth-order valence-electron chi connectivity index (χ4n) is 1.36. The summed E-state index contributed by atoms with van der Waals surface area (Å²) < 4.78 is 124. The van der Waals surface area contributed by atoms with Gasteiger partial charge in [0.1, 0.15) is 11.4 Å². The Bertz CT molecular complexity index is 739. The Hall–Kier alpha value is -1.70. The van der Waals surface area contributed by atoms with E-state index in [1.165, 1.54) is 0 Å². The van der Waals surface area contributed by atoms with E-state index >= 15 is 0 Å². The first kappa shape index (κ1) is 19.3. The lowest BCUT2D eigenvalue weighted by molar-refractivity contribution is -0.0462. The second-order valence-corrected chi connectivity index (χ2v) is 7.56. The van der Waals surface area contributed by atoms with E-state index in [1.54, 1.807) is 0 Å². The predicted molar refractivity (Wildman–Crippen MR) is 65.4 cm³/mol. The summed E-state index contributed by atoms with van der Waals surface area (Å²) in [6, 6.07) is 3.13. The van der Waals surface area contributed by atoms with Crippen molar-refractivity contribution in [2.75, 3.05) is 10.8 Å². The molecule has 0 aliphatic rings. The minimum atomic E-state index is -6.92. The third-order valence-electron chi connectivity index (χ3n) is 2.30. The van der Waals surface area contributed by atoms with Crippen LogP contribution in [0, 0.1) is 0 Å². The maximum Gasteiger partial charge on any atom is 0.517 e. The molecule has 0 amide bonds. The minimum Gasteiger partial charge on any atom is -0.495 e. The van der Waals surface area contributed by atoms with Gasteiger partial charge in [-0.3, -0.25) is 0 Å². The molecule has 0 aliphatic carbocycles. The average Bonchev–Trinajstić information content (AvgIpc) is 2.36. The predicted octanol–water partition coefficient (Wildman–Crippen LogP) is 2.20. The van der Waals surface area contributed by atoms with E-state index < -0.39 is 46.2 Å². The largest absolute Gasteiger partial charge is 0.517 e. The molecule has 0 aromatic heterocycles. The number of anilines is 1. The van der Waals surface area contributed by atoms with Crippen LogP contribution in [-0.4, -0.2) is 35.0 Å². The summed E-state index contributed by atoms with van der Waals surface area (Å²) in [6.07, 6.45) is 0. The molecule has 0 saturated heterocycles. The highest BCUT2D eigenvalue weighted by Crippen LogP contribution is 2.41. The first-order valence-corrected chi connectivity index (χ1v) is 8.12. The molecule has 0 bridgehead atoms. The maximum atomic E-state index is 12.6. The highest BCUT2D eigenvalue weighted by Gasteiger charge is 2.62. The van der Waals surface area contributed by atoms with E-state index in [2.05, 4.69) is 4.74 Å². The van der Waals surface area contributed by atoms with Crippen molar-refractivity contribution >= 4 is 25.7 Å². The van der Waals surface area contributed by atoms with E-state index in [9.17, 15) is 43.2 Å². The quantitative estimate of drug-likeness (QED) is 0.740. The maximum absolute atomic E-state index is 12.6. The van der Waals surface area contributed by atoms with Crippen LogP contribution in [0.15, 0.2) is 24.3 Å². The molecule has 1 aromatic rings. The summed E-state index contributed by atoms with van der Waals surface area (Å²) in [4.78, 5) is 0. The SMILES string of the molecule is COc1ccccc1N(S(=O)(=O)C(F)(F)F)S(=O)(=O)C(F)(F)F. The van der Waals surface area contributed by atoms with Crippen molar-refractivity contribution in [3.05, 3.63) is 24.3 Å². The number of hydrogen-bond acceptors (Lipinski definition) is 5. The van der Waals surface area contributed by atoms with Gasteiger partial charge in [0.05, 0.1) is 7.11 Å². The molecular weight excluding hydrogens is 380 g/mol. The van der Waals surface area contributed by atoms with E-state index in [0.717, 1.165) is 25.3 Å². The van der Waals surface area contributed by atoms with Crippen molar-refractivity contribution < 1.29 is 47.9 Å². The molecule has 0 aliphatic heterocycles. The molecule has 0 saturated carbocycles. The molecule has 0 heterocycles. The second kappa shape index (κ2) is 5.74. The molecule has 0 atom stereocenters. The Kier molecular flexibility index (Phi) is 4.83. The minimum absolute atomic E-state index is 0.422. The van der Waals surface area contributed by atoms with E-state index in [4.69, 9.17) is 0 Å². The molecule has 0 spiro atoms. The van der Waals surface area contributed by atoms with Crippen molar-refractivity contribution in [3.8, 4) is 5.75 Å². The number of para-hydroxylation sites is 2. The lowest BCUT2D eigenvalue weighted by Gasteiger charge is -2.26. The number of rotatable bonds is 4. The third-order valence-corrected chi connectivity index (χ3v) is 5.92. The number of alkyl halides is 6. The first-order chi connectivity index (χ1) is 10.2. The smallest absolute Gasteiger partial charge is 0.495 e. The Morgan fingerprint density at radius 3 is 1.61 bits per heavy atom. The third kappa shape index (κ3) is 3.31. The normalized spacial score (nSPS) is 13.7. The van der Waals surface area contributed by atoms with Gasteiger partial charge < -0.3 is 4.74 Å². The van der Waals surface area contributed by atoms with Gasteiger partial charge in [0.15, 0.2) is 0 Å². The fourth-order valence-corrected chi connectivity index (χ4v) is 4.09. The summed E-state index contributed by atoms with van der Waals surface area (Å²) >= 11 is 0. The summed E-state index contributed by atoms with van der Waals surface area (Å²) in [6.45, 7) is 0. The zero-order chi connectivity index (χ0) is 18.3. The Morgan fingerprint density at radius 2 is 1.26 bits per heavy atom. The molecule has 1 rings (SSSR count). The number of methoxy groups -OCH3 is 1. The number of halogens is 6. The lowest BCUT2D eigenvalue weighted by Crippen LogP contribution is -2.49. The monoisotopic (exact) mass is 387 g/mol. The summed E-state index contributed by atoms with van der Waals surface area (Å²) in [7, 11) is -13.0. The van der Waals surface area contributed by atoms with Gasteiger partial charge in [-0.05, 0) is 12.1 Å². The molecule has 0 unspecified atom stereocenters. The van der Waals surface area contributed by atoms with Gasteiger partial charge in [-0.2, -0.15) is 43.2 Å². The van der Waals surface area contributed by atoms with Crippen LogP contribution in [0.2, 0.25) is 0 Å². The van der Waals surface area contributed by atoms with Gasteiger partial charge in [0, 0.05) is 0 Å². The Morgan fingerprint density at radius 1 is 0.870 bits per heavy atom. The van der Waals surface area contributed by atoms with Crippen molar-refractivity contribution in [1.82, 2.24) is 0 Å². The molecule has 0 radical (unpaired) electrons. The van der Waals surface area contributed by atoms with Crippen LogP contribution in [0.3, 0.4) is 0 Å². The number of ether oxygens (including phenoxy) is 1. The average molecular weight is 387 g/mol. The molecule has 23 heavy (non-hydrogen) atoms. The standard InChI is InChI=1S/C9H7F6NO5S2/c1-21-7-5-3-2-4-6(7)16(22(17,18)8(10,11)12)23(19,20)9(13,14)15/h2-5H,1H3. The molecule has 1 aromatic carbocycles. The second-order valence-electron chi connectivity index (χ2n) is 3.77. The number of nitrogens with zero attached hydrogens (tertiary/aromatic N) is 1. The zero-order valence-corrected chi connectivity index (χ0v) is 12.5. The highest BCUT2D eigenvalue weighted by molar-refractivity contribution is 8.11. The molecule has 6 nitrogen and oxygen atoms in total. The van der Waals surface area contributed by atoms with Crippen LogP contribution in [0.25, 0.3) is 0 Å². The van der Waals surface area contributed by atoms with E-state index in [0.29, 0.717) is 6.07 Å². The molecule has 132 valence electrons. The zero-order valence-electron chi connectivity index (χ0n) is 10.9. The van der Waals surface area contributed by atoms with Gasteiger partial charge in [0.25, 0.3) is 0 Å². The van der Waals surface area contributed by atoms with Crippen LogP contribution in [0.5, 0.6) is 5.75 Å². The van der Waals surface area contributed by atoms with Crippen LogP contribution in [0.1, 0.15) is 0 Å². The van der Waals surface area contributed by atoms with Gasteiger partial charge in [-0.15, -0.1) is 3.71 Å². The summed E-state index contributed by atoms with van der Waals surface area (Å²) in [5.41, 5.74) is -14.1. The highest BCUT2D eigenvalue weighted by atomic mass is 32.3. The number of sulfonamides is 2. The lowest BCUT2D eigenvalue weighted by atomic mass is 10.3. The Balaban J connectivity index is 3.87. The van der Waals surface area contributed by atoms with E-state index in [1.807, 2.05) is 0 Å². The molecule has 0 N–H and O–H groups in total. The van der Waals surface area contributed by atoms with Crippen molar-refractivity contribution in [2.45, 2.75) is 11.0 Å².